The van der Waals surface area contributed by atoms with Gasteiger partial charge in [-0.15, -0.1) is 0 Å². The number of aliphatic hydroxyl groups excluding tert-OH is 1. The summed E-state index contributed by atoms with van der Waals surface area (Å²) in [5, 5.41) is 23.1. The monoisotopic (exact) mass is 319 g/mol. The molecular weight excluding hydrogens is 290 g/mol. The first-order valence-corrected chi connectivity index (χ1v) is 8.56. The van der Waals surface area contributed by atoms with Crippen LogP contribution in [0.3, 0.4) is 0 Å². The molecule has 1 fully saturated rings. The molecule has 0 bridgehead atoms. The van der Waals surface area contributed by atoms with Crippen molar-refractivity contribution in [1.82, 2.24) is 5.32 Å². The van der Waals surface area contributed by atoms with Gasteiger partial charge in [0.15, 0.2) is 0 Å². The number of carbonyl (C=O) groups is 1. The van der Waals surface area contributed by atoms with Gasteiger partial charge >= 0.3 is 0 Å². The maximum atomic E-state index is 12.7. The fourth-order valence-electron chi connectivity index (χ4n) is 3.81. The Balaban J connectivity index is 2.07. The van der Waals surface area contributed by atoms with E-state index in [4.69, 9.17) is 0 Å². The summed E-state index contributed by atoms with van der Waals surface area (Å²) in [5.41, 5.74) is 0.473. The SMILES string of the molecule is CC(C)[C@@H]1CC[C@@H](C)C[C@@]1(O)C(=O)NCc1cccc(CO)c1. The van der Waals surface area contributed by atoms with E-state index in [1.807, 2.05) is 24.3 Å². The molecule has 4 heteroatoms. The Morgan fingerprint density at radius 1 is 1.35 bits per heavy atom. The second-order valence-corrected chi connectivity index (χ2v) is 7.32. The second kappa shape index (κ2) is 7.45. The largest absolute Gasteiger partial charge is 0.392 e. The first-order valence-electron chi connectivity index (χ1n) is 8.56. The summed E-state index contributed by atoms with van der Waals surface area (Å²) in [7, 11) is 0. The quantitative estimate of drug-likeness (QED) is 0.781. The van der Waals surface area contributed by atoms with Crippen LogP contribution >= 0.6 is 0 Å². The fraction of sp³-hybridized carbons (Fsp3) is 0.632. The van der Waals surface area contributed by atoms with E-state index in [0.29, 0.717) is 18.9 Å². The van der Waals surface area contributed by atoms with Gasteiger partial charge in [-0.25, -0.2) is 0 Å². The third-order valence-corrected chi connectivity index (χ3v) is 5.07. The molecule has 0 radical (unpaired) electrons. The van der Waals surface area contributed by atoms with Crippen LogP contribution in [0.1, 0.15) is 51.2 Å². The number of benzene rings is 1. The average molecular weight is 319 g/mol. The molecule has 3 N–H and O–H groups in total. The molecule has 1 amide bonds. The van der Waals surface area contributed by atoms with Crippen LogP contribution in [-0.2, 0) is 17.9 Å². The molecule has 0 heterocycles. The standard InChI is InChI=1S/C19H29NO3/c1-13(2)17-8-7-14(3)10-19(17,23)18(22)20-11-15-5-4-6-16(9-15)12-21/h4-6,9,13-14,17,21,23H,7-8,10-12H2,1-3H3,(H,20,22)/t14-,17+,19+/m1/s1. The first-order chi connectivity index (χ1) is 10.9. The van der Waals surface area contributed by atoms with Gasteiger partial charge in [-0.2, -0.15) is 0 Å². The fourth-order valence-corrected chi connectivity index (χ4v) is 3.81. The highest BCUT2D eigenvalue weighted by Gasteiger charge is 2.48. The Morgan fingerprint density at radius 3 is 2.70 bits per heavy atom. The van der Waals surface area contributed by atoms with Gasteiger partial charge in [0.25, 0.3) is 5.91 Å². The van der Waals surface area contributed by atoms with Gasteiger partial charge in [0.2, 0.25) is 0 Å². The zero-order valence-corrected chi connectivity index (χ0v) is 14.4. The average Bonchev–Trinajstić information content (AvgIpc) is 2.52. The van der Waals surface area contributed by atoms with Crippen LogP contribution in [-0.4, -0.2) is 21.7 Å². The van der Waals surface area contributed by atoms with Crippen molar-refractivity contribution in [2.24, 2.45) is 17.8 Å². The highest BCUT2D eigenvalue weighted by atomic mass is 16.3. The third-order valence-electron chi connectivity index (χ3n) is 5.07. The molecule has 128 valence electrons. The lowest BCUT2D eigenvalue weighted by molar-refractivity contribution is -0.156. The minimum absolute atomic E-state index is 0.00229. The summed E-state index contributed by atoms with van der Waals surface area (Å²) in [6.07, 6.45) is 2.48. The Labute approximate surface area is 138 Å². The van der Waals surface area contributed by atoms with Gasteiger partial charge in [0.1, 0.15) is 5.60 Å². The predicted octanol–water partition coefficient (Wildman–Crippen LogP) is 2.62. The highest BCUT2D eigenvalue weighted by molar-refractivity contribution is 5.85. The van der Waals surface area contributed by atoms with Crippen LogP contribution < -0.4 is 5.32 Å². The van der Waals surface area contributed by atoms with Crippen molar-refractivity contribution < 1.29 is 15.0 Å². The van der Waals surface area contributed by atoms with Crippen LogP contribution in [0.5, 0.6) is 0 Å². The van der Waals surface area contributed by atoms with E-state index < -0.39 is 5.60 Å². The van der Waals surface area contributed by atoms with E-state index >= 15 is 0 Å². The molecule has 23 heavy (non-hydrogen) atoms. The Hall–Kier alpha value is -1.39. The Morgan fingerprint density at radius 2 is 2.04 bits per heavy atom. The smallest absolute Gasteiger partial charge is 0.252 e. The van der Waals surface area contributed by atoms with Crippen molar-refractivity contribution in [3.8, 4) is 0 Å². The van der Waals surface area contributed by atoms with Crippen LogP contribution in [0, 0.1) is 17.8 Å². The van der Waals surface area contributed by atoms with Gasteiger partial charge in [-0.05, 0) is 41.7 Å². The van der Waals surface area contributed by atoms with Crippen molar-refractivity contribution in [3.63, 3.8) is 0 Å². The Bertz CT molecular complexity index is 543. The minimum atomic E-state index is -1.28. The molecule has 1 aliphatic rings. The third kappa shape index (κ3) is 4.12. The lowest BCUT2D eigenvalue weighted by Gasteiger charge is -2.43. The van der Waals surface area contributed by atoms with Gasteiger partial charge in [0.05, 0.1) is 6.61 Å². The highest BCUT2D eigenvalue weighted by Crippen LogP contribution is 2.41. The van der Waals surface area contributed by atoms with Gasteiger partial charge in [0, 0.05) is 6.54 Å². The number of aliphatic hydroxyl groups is 2. The molecule has 4 nitrogen and oxygen atoms in total. The van der Waals surface area contributed by atoms with Crippen molar-refractivity contribution in [2.45, 2.75) is 58.8 Å². The van der Waals surface area contributed by atoms with Crippen molar-refractivity contribution in [1.29, 1.82) is 0 Å². The van der Waals surface area contributed by atoms with Gasteiger partial charge < -0.3 is 15.5 Å². The van der Waals surface area contributed by atoms with Gasteiger partial charge in [-0.3, -0.25) is 4.79 Å². The molecule has 0 spiro atoms. The summed E-state index contributed by atoms with van der Waals surface area (Å²) in [4.78, 5) is 12.7. The maximum absolute atomic E-state index is 12.7. The molecule has 0 saturated heterocycles. The van der Waals surface area contributed by atoms with E-state index in [-0.39, 0.29) is 24.3 Å². The summed E-state index contributed by atoms with van der Waals surface area (Å²) >= 11 is 0. The number of amides is 1. The van der Waals surface area contributed by atoms with E-state index in [1.54, 1.807) is 0 Å². The van der Waals surface area contributed by atoms with Crippen LogP contribution in [0.25, 0.3) is 0 Å². The van der Waals surface area contributed by atoms with Crippen LogP contribution in [0.4, 0.5) is 0 Å². The van der Waals surface area contributed by atoms with Crippen molar-refractivity contribution in [3.05, 3.63) is 35.4 Å². The topological polar surface area (TPSA) is 69.6 Å². The normalized spacial score (nSPS) is 27.9. The lowest BCUT2D eigenvalue weighted by Crippen LogP contribution is -2.56. The first kappa shape index (κ1) is 18.0. The number of rotatable bonds is 5. The molecule has 0 aromatic heterocycles. The summed E-state index contributed by atoms with van der Waals surface area (Å²) in [5.74, 6) is 0.370. The molecular formula is C19H29NO3. The minimum Gasteiger partial charge on any atom is -0.392 e. The van der Waals surface area contributed by atoms with E-state index in [9.17, 15) is 15.0 Å². The summed E-state index contributed by atoms with van der Waals surface area (Å²) in [6, 6.07) is 7.48. The van der Waals surface area contributed by atoms with E-state index in [1.165, 1.54) is 0 Å². The molecule has 0 aliphatic heterocycles. The second-order valence-electron chi connectivity index (χ2n) is 7.32. The maximum Gasteiger partial charge on any atom is 0.252 e. The van der Waals surface area contributed by atoms with E-state index in [2.05, 4.69) is 26.1 Å². The van der Waals surface area contributed by atoms with E-state index in [0.717, 1.165) is 24.0 Å². The molecule has 1 saturated carbocycles. The number of carbonyl (C=O) groups excluding carboxylic acids is 1. The molecule has 0 unspecified atom stereocenters. The van der Waals surface area contributed by atoms with Gasteiger partial charge in [-0.1, -0.05) is 51.5 Å². The number of hydrogen-bond acceptors (Lipinski definition) is 3. The predicted molar refractivity (Wildman–Crippen MR) is 90.5 cm³/mol. The Kier molecular flexibility index (Phi) is 5.82. The van der Waals surface area contributed by atoms with Crippen LogP contribution in [0.15, 0.2) is 24.3 Å². The molecule has 3 atom stereocenters. The van der Waals surface area contributed by atoms with Crippen molar-refractivity contribution >= 4 is 5.91 Å². The zero-order chi connectivity index (χ0) is 17.0. The lowest BCUT2D eigenvalue weighted by atomic mass is 9.66. The summed E-state index contributed by atoms with van der Waals surface area (Å²) in [6.45, 7) is 6.60. The number of nitrogens with one attached hydrogen (secondary N) is 1. The zero-order valence-electron chi connectivity index (χ0n) is 14.4. The summed E-state index contributed by atoms with van der Waals surface area (Å²) < 4.78 is 0. The number of hydrogen-bond donors (Lipinski definition) is 3. The van der Waals surface area contributed by atoms with Crippen molar-refractivity contribution in [2.75, 3.05) is 0 Å². The molecule has 2 rings (SSSR count). The van der Waals surface area contributed by atoms with Crippen LogP contribution in [0.2, 0.25) is 0 Å². The molecule has 1 aromatic rings. The molecule has 1 aromatic carbocycles. The molecule has 1 aliphatic carbocycles.